The maximum absolute atomic E-state index is 2.73. The number of hydrogen-bond acceptors (Lipinski definition) is 2. The number of piperazine rings is 1. The van der Waals surface area contributed by atoms with Crippen LogP contribution < -0.4 is 4.90 Å². The van der Waals surface area contributed by atoms with Crippen LogP contribution in [-0.2, 0) is 6.54 Å². The molecule has 4 rings (SSSR count). The minimum atomic E-state index is 0.712. The zero-order chi connectivity index (χ0) is 14.1. The summed E-state index contributed by atoms with van der Waals surface area (Å²) in [5.74, 6) is 0. The maximum atomic E-state index is 2.73. The quantitative estimate of drug-likeness (QED) is 0.847. The molecule has 2 atom stereocenters. The van der Waals surface area contributed by atoms with Crippen LogP contribution in [0.1, 0.15) is 18.4 Å². The monoisotopic (exact) mass is 278 g/mol. The maximum Gasteiger partial charge on any atom is 0.0367 e. The fourth-order valence-corrected chi connectivity index (χ4v) is 3.89. The van der Waals surface area contributed by atoms with Gasteiger partial charge in [-0.1, -0.05) is 48.5 Å². The van der Waals surface area contributed by atoms with Crippen molar-refractivity contribution >= 4 is 5.69 Å². The molecular weight excluding hydrogens is 256 g/mol. The van der Waals surface area contributed by atoms with Crippen LogP contribution in [0.4, 0.5) is 5.69 Å². The van der Waals surface area contributed by atoms with Gasteiger partial charge in [0, 0.05) is 37.4 Å². The lowest BCUT2D eigenvalue weighted by atomic mass is 10.1. The minimum absolute atomic E-state index is 0.712. The first kappa shape index (κ1) is 12.9. The van der Waals surface area contributed by atoms with Crippen molar-refractivity contribution in [3.8, 4) is 0 Å². The number of hydrogen-bond donors (Lipinski definition) is 0. The Labute approximate surface area is 127 Å². The summed E-state index contributed by atoms with van der Waals surface area (Å²) in [7, 11) is 0. The molecule has 2 saturated heterocycles. The van der Waals surface area contributed by atoms with Crippen LogP contribution in [0.3, 0.4) is 0 Å². The van der Waals surface area contributed by atoms with Gasteiger partial charge in [-0.05, 0) is 30.5 Å². The highest BCUT2D eigenvalue weighted by atomic mass is 15.3. The molecule has 2 fully saturated rings. The molecule has 0 aliphatic carbocycles. The molecule has 2 heteroatoms. The highest BCUT2D eigenvalue weighted by molar-refractivity contribution is 5.47. The van der Waals surface area contributed by atoms with E-state index in [0.29, 0.717) is 12.1 Å². The predicted octanol–water partition coefficient (Wildman–Crippen LogP) is 3.54. The molecule has 0 radical (unpaired) electrons. The Morgan fingerprint density at radius 1 is 0.762 bits per heavy atom. The van der Waals surface area contributed by atoms with Crippen LogP contribution in [0.25, 0.3) is 0 Å². The average Bonchev–Trinajstić information content (AvgIpc) is 2.78. The summed E-state index contributed by atoms with van der Waals surface area (Å²) >= 11 is 0. The molecule has 2 bridgehead atoms. The summed E-state index contributed by atoms with van der Waals surface area (Å²) in [5.41, 5.74) is 2.83. The van der Waals surface area contributed by atoms with E-state index >= 15 is 0 Å². The van der Waals surface area contributed by atoms with Crippen LogP contribution in [-0.4, -0.2) is 30.1 Å². The van der Waals surface area contributed by atoms with Gasteiger partial charge in [0.25, 0.3) is 0 Å². The van der Waals surface area contributed by atoms with Gasteiger partial charge < -0.3 is 4.90 Å². The second-order valence-corrected chi connectivity index (χ2v) is 6.28. The molecule has 21 heavy (non-hydrogen) atoms. The van der Waals surface area contributed by atoms with Crippen molar-refractivity contribution in [2.45, 2.75) is 31.5 Å². The van der Waals surface area contributed by atoms with Crippen molar-refractivity contribution in [1.29, 1.82) is 0 Å². The first-order valence-electron chi connectivity index (χ1n) is 8.00. The van der Waals surface area contributed by atoms with Crippen molar-refractivity contribution in [2.75, 3.05) is 18.0 Å². The number of anilines is 1. The summed E-state index contributed by atoms with van der Waals surface area (Å²) < 4.78 is 0. The number of rotatable bonds is 3. The molecule has 2 aromatic carbocycles. The third-order valence-corrected chi connectivity index (χ3v) is 4.96. The Morgan fingerprint density at radius 2 is 1.33 bits per heavy atom. The largest absolute Gasteiger partial charge is 0.368 e. The zero-order valence-electron chi connectivity index (χ0n) is 12.4. The Balaban J connectivity index is 1.49. The average molecular weight is 278 g/mol. The van der Waals surface area contributed by atoms with Crippen LogP contribution >= 0.6 is 0 Å². The van der Waals surface area contributed by atoms with Gasteiger partial charge in [-0.3, -0.25) is 4.90 Å². The Bertz CT molecular complexity index is 567. The first-order valence-corrected chi connectivity index (χ1v) is 8.00. The first-order chi connectivity index (χ1) is 10.4. The van der Waals surface area contributed by atoms with Gasteiger partial charge in [0.2, 0.25) is 0 Å². The molecule has 0 N–H and O–H groups in total. The van der Waals surface area contributed by atoms with Crippen molar-refractivity contribution in [1.82, 2.24) is 4.90 Å². The highest BCUT2D eigenvalue weighted by Gasteiger charge is 2.39. The van der Waals surface area contributed by atoms with Gasteiger partial charge >= 0.3 is 0 Å². The van der Waals surface area contributed by atoms with E-state index in [-0.39, 0.29) is 0 Å². The van der Waals surface area contributed by atoms with Crippen LogP contribution in [0.15, 0.2) is 60.7 Å². The van der Waals surface area contributed by atoms with Gasteiger partial charge in [-0.15, -0.1) is 0 Å². The Morgan fingerprint density at radius 3 is 1.95 bits per heavy atom. The second-order valence-electron chi connectivity index (χ2n) is 6.28. The lowest BCUT2D eigenvalue weighted by Gasteiger charge is -2.42. The highest BCUT2D eigenvalue weighted by Crippen LogP contribution is 2.33. The standard InChI is InChI=1S/C19H22N2/c1-3-7-16(8-4-1)13-21-18-11-12-19(21)15-20(14-18)17-9-5-2-6-10-17/h1-10,18-19H,11-15H2. The number of benzene rings is 2. The van der Waals surface area contributed by atoms with Crippen molar-refractivity contribution in [3.63, 3.8) is 0 Å². The van der Waals surface area contributed by atoms with E-state index in [0.717, 1.165) is 6.54 Å². The van der Waals surface area contributed by atoms with Crippen LogP contribution in [0.2, 0.25) is 0 Å². The topological polar surface area (TPSA) is 6.48 Å². The fourth-order valence-electron chi connectivity index (χ4n) is 3.89. The fraction of sp³-hybridized carbons (Fsp3) is 0.368. The van der Waals surface area contributed by atoms with E-state index < -0.39 is 0 Å². The Hall–Kier alpha value is -1.80. The molecule has 2 unspecified atom stereocenters. The van der Waals surface area contributed by atoms with Gasteiger partial charge in [0.15, 0.2) is 0 Å². The predicted molar refractivity (Wildman–Crippen MR) is 87.5 cm³/mol. The summed E-state index contributed by atoms with van der Waals surface area (Å²) in [5, 5.41) is 0. The molecule has 2 aliphatic rings. The number of fused-ring (bicyclic) bond motifs is 2. The van der Waals surface area contributed by atoms with Crippen molar-refractivity contribution in [3.05, 3.63) is 66.2 Å². The van der Waals surface area contributed by atoms with E-state index in [1.54, 1.807) is 0 Å². The van der Waals surface area contributed by atoms with Crippen LogP contribution in [0.5, 0.6) is 0 Å². The molecule has 2 aromatic rings. The summed E-state index contributed by atoms with van der Waals surface area (Å²) in [6.07, 6.45) is 2.70. The minimum Gasteiger partial charge on any atom is -0.368 e. The smallest absolute Gasteiger partial charge is 0.0367 e. The van der Waals surface area contributed by atoms with Crippen molar-refractivity contribution < 1.29 is 0 Å². The molecule has 0 saturated carbocycles. The second kappa shape index (κ2) is 5.53. The van der Waals surface area contributed by atoms with E-state index in [2.05, 4.69) is 70.5 Å². The molecule has 0 amide bonds. The molecular formula is C19H22N2. The molecule has 0 spiro atoms. The lowest BCUT2D eigenvalue weighted by molar-refractivity contribution is 0.160. The van der Waals surface area contributed by atoms with Gasteiger partial charge in [-0.2, -0.15) is 0 Å². The summed E-state index contributed by atoms with van der Waals surface area (Å²) in [6, 6.07) is 23.2. The SMILES string of the molecule is c1ccc(CN2C3CCC2CN(c2ccccc2)C3)cc1. The van der Waals surface area contributed by atoms with Gasteiger partial charge in [-0.25, -0.2) is 0 Å². The summed E-state index contributed by atoms with van der Waals surface area (Å²) in [4.78, 5) is 5.30. The van der Waals surface area contributed by atoms with Crippen LogP contribution in [0, 0.1) is 0 Å². The molecule has 2 heterocycles. The molecule has 0 aromatic heterocycles. The molecule has 2 nitrogen and oxygen atoms in total. The van der Waals surface area contributed by atoms with Crippen molar-refractivity contribution in [2.24, 2.45) is 0 Å². The van der Waals surface area contributed by atoms with Gasteiger partial charge in [0.05, 0.1) is 0 Å². The number of nitrogens with zero attached hydrogens (tertiary/aromatic N) is 2. The normalized spacial score (nSPS) is 25.2. The van der Waals surface area contributed by atoms with E-state index in [9.17, 15) is 0 Å². The molecule has 108 valence electrons. The third-order valence-electron chi connectivity index (χ3n) is 4.96. The molecule has 2 aliphatic heterocycles. The Kier molecular flexibility index (Phi) is 3.40. The zero-order valence-corrected chi connectivity index (χ0v) is 12.4. The van der Waals surface area contributed by atoms with Gasteiger partial charge in [0.1, 0.15) is 0 Å². The van der Waals surface area contributed by atoms with E-state index in [4.69, 9.17) is 0 Å². The third kappa shape index (κ3) is 2.56. The summed E-state index contributed by atoms with van der Waals surface area (Å²) in [6.45, 7) is 3.46. The van der Waals surface area contributed by atoms with E-state index in [1.165, 1.54) is 37.2 Å². The lowest BCUT2D eigenvalue weighted by Crippen LogP contribution is -2.53. The van der Waals surface area contributed by atoms with E-state index in [1.807, 2.05) is 0 Å². The number of para-hydroxylation sites is 1.